The van der Waals surface area contributed by atoms with E-state index in [9.17, 15) is 9.18 Å². The van der Waals surface area contributed by atoms with Gasteiger partial charge >= 0.3 is 0 Å². The van der Waals surface area contributed by atoms with Crippen LogP contribution in [-0.4, -0.2) is 5.91 Å². The smallest absolute Gasteiger partial charge is 0.247 e. The van der Waals surface area contributed by atoms with Gasteiger partial charge < -0.3 is 5.32 Å². The van der Waals surface area contributed by atoms with Crippen LogP contribution in [0, 0.1) is 5.82 Å². The third-order valence-corrected chi connectivity index (χ3v) is 1.68. The summed E-state index contributed by atoms with van der Waals surface area (Å²) in [5, 5.41) is 2.43. The van der Waals surface area contributed by atoms with Gasteiger partial charge in [0.05, 0.1) is 5.02 Å². The molecule has 1 rings (SSSR count). The lowest BCUT2D eigenvalue weighted by Crippen LogP contribution is -2.07. The fourth-order valence-corrected chi connectivity index (χ4v) is 0.885. The van der Waals surface area contributed by atoms with Gasteiger partial charge in [0.15, 0.2) is 0 Å². The molecular formula is C9H7ClFNO. The van der Waals surface area contributed by atoms with Gasteiger partial charge in [-0.25, -0.2) is 4.39 Å². The molecule has 0 aliphatic heterocycles. The third-order valence-electron chi connectivity index (χ3n) is 1.37. The highest BCUT2D eigenvalue weighted by Crippen LogP contribution is 2.18. The molecule has 0 fully saturated rings. The molecule has 0 aliphatic carbocycles. The highest BCUT2D eigenvalue weighted by Gasteiger charge is 2.01. The third kappa shape index (κ3) is 2.56. The van der Waals surface area contributed by atoms with Crippen LogP contribution in [0.5, 0.6) is 0 Å². The molecule has 0 aliphatic rings. The first-order valence-electron chi connectivity index (χ1n) is 3.52. The standard InChI is InChI=1S/C9H7ClFNO/c1-2-9(13)12-6-3-4-7(10)8(11)5-6/h2-5H,1H2,(H,12,13). The van der Waals surface area contributed by atoms with Crippen molar-refractivity contribution in [3.05, 3.63) is 41.7 Å². The Labute approximate surface area is 80.0 Å². The number of halogens is 2. The van der Waals surface area contributed by atoms with Crippen LogP contribution in [0.1, 0.15) is 0 Å². The van der Waals surface area contributed by atoms with E-state index in [0.29, 0.717) is 5.69 Å². The molecule has 0 saturated heterocycles. The number of anilines is 1. The van der Waals surface area contributed by atoms with Gasteiger partial charge in [-0.05, 0) is 24.3 Å². The van der Waals surface area contributed by atoms with Crippen molar-refractivity contribution in [1.29, 1.82) is 0 Å². The van der Waals surface area contributed by atoms with Gasteiger partial charge in [-0.2, -0.15) is 0 Å². The van der Waals surface area contributed by atoms with Gasteiger partial charge in [0.2, 0.25) is 5.91 Å². The Hall–Kier alpha value is -1.35. The van der Waals surface area contributed by atoms with Crippen LogP contribution in [0.25, 0.3) is 0 Å². The number of hydrogen-bond donors (Lipinski definition) is 1. The second-order valence-electron chi connectivity index (χ2n) is 2.32. The van der Waals surface area contributed by atoms with Crippen LogP contribution in [-0.2, 0) is 4.79 Å². The molecule has 0 aromatic heterocycles. The van der Waals surface area contributed by atoms with Gasteiger partial charge in [-0.3, -0.25) is 4.79 Å². The van der Waals surface area contributed by atoms with Crippen LogP contribution in [0.3, 0.4) is 0 Å². The van der Waals surface area contributed by atoms with Crippen LogP contribution in [0.2, 0.25) is 5.02 Å². The Morgan fingerprint density at radius 3 is 2.85 bits per heavy atom. The maximum Gasteiger partial charge on any atom is 0.247 e. The SMILES string of the molecule is C=CC(=O)Nc1ccc(Cl)c(F)c1. The van der Waals surface area contributed by atoms with E-state index in [4.69, 9.17) is 11.6 Å². The zero-order valence-electron chi connectivity index (χ0n) is 6.68. The quantitative estimate of drug-likeness (QED) is 0.729. The summed E-state index contributed by atoms with van der Waals surface area (Å²) in [7, 11) is 0. The lowest BCUT2D eigenvalue weighted by molar-refractivity contribution is -0.111. The maximum atomic E-state index is 12.8. The first-order chi connectivity index (χ1) is 6.13. The molecule has 0 unspecified atom stereocenters. The predicted molar refractivity (Wildman–Crippen MR) is 50.2 cm³/mol. The van der Waals surface area contributed by atoms with E-state index >= 15 is 0 Å². The summed E-state index contributed by atoms with van der Waals surface area (Å²) in [6, 6.07) is 4.02. The molecular weight excluding hydrogens is 193 g/mol. The average molecular weight is 200 g/mol. The van der Waals surface area contributed by atoms with Crippen LogP contribution in [0.4, 0.5) is 10.1 Å². The van der Waals surface area contributed by atoms with Crippen molar-refractivity contribution >= 4 is 23.2 Å². The molecule has 0 heterocycles. The number of carbonyl (C=O) groups excluding carboxylic acids is 1. The summed E-state index contributed by atoms with van der Waals surface area (Å²) in [6.45, 7) is 3.26. The Morgan fingerprint density at radius 1 is 1.62 bits per heavy atom. The summed E-state index contributed by atoms with van der Waals surface area (Å²) in [4.78, 5) is 10.8. The monoisotopic (exact) mass is 199 g/mol. The number of benzene rings is 1. The molecule has 1 amide bonds. The highest BCUT2D eigenvalue weighted by molar-refractivity contribution is 6.30. The van der Waals surface area contributed by atoms with Crippen LogP contribution >= 0.6 is 11.6 Å². The molecule has 0 spiro atoms. The Kier molecular flexibility index (Phi) is 3.03. The van der Waals surface area contributed by atoms with Crippen LogP contribution < -0.4 is 5.32 Å². The second kappa shape index (κ2) is 4.05. The predicted octanol–water partition coefficient (Wildman–Crippen LogP) is 2.60. The first-order valence-corrected chi connectivity index (χ1v) is 3.90. The van der Waals surface area contributed by atoms with Gasteiger partial charge in [0, 0.05) is 5.69 Å². The topological polar surface area (TPSA) is 29.1 Å². The van der Waals surface area contributed by atoms with Crippen molar-refractivity contribution in [1.82, 2.24) is 0 Å². The second-order valence-corrected chi connectivity index (χ2v) is 2.73. The van der Waals surface area contributed by atoms with Gasteiger partial charge in [0.1, 0.15) is 5.82 Å². The minimum Gasteiger partial charge on any atom is -0.322 e. The van der Waals surface area contributed by atoms with E-state index in [1.807, 2.05) is 0 Å². The summed E-state index contributed by atoms with van der Waals surface area (Å²) in [5.74, 6) is -0.953. The summed E-state index contributed by atoms with van der Waals surface area (Å²) < 4.78 is 12.8. The van der Waals surface area contributed by atoms with E-state index in [1.54, 1.807) is 0 Å². The summed E-state index contributed by atoms with van der Waals surface area (Å²) in [5.41, 5.74) is 0.354. The fraction of sp³-hybridized carbons (Fsp3) is 0. The van der Waals surface area contributed by atoms with E-state index in [2.05, 4.69) is 11.9 Å². The van der Waals surface area contributed by atoms with Crippen molar-refractivity contribution < 1.29 is 9.18 Å². The molecule has 13 heavy (non-hydrogen) atoms. The summed E-state index contributed by atoms with van der Waals surface area (Å²) >= 11 is 5.44. The molecule has 4 heteroatoms. The lowest BCUT2D eigenvalue weighted by Gasteiger charge is -2.02. The van der Waals surface area contributed by atoms with Gasteiger partial charge in [0.25, 0.3) is 0 Å². The first kappa shape index (κ1) is 9.74. The van der Waals surface area contributed by atoms with Crippen LogP contribution in [0.15, 0.2) is 30.9 Å². The number of nitrogens with one attached hydrogen (secondary N) is 1. The molecule has 1 aromatic carbocycles. The minimum absolute atomic E-state index is 0.0246. The molecule has 0 radical (unpaired) electrons. The average Bonchev–Trinajstić information content (AvgIpc) is 2.11. The molecule has 1 aromatic rings. The van der Waals surface area contributed by atoms with Crippen molar-refractivity contribution in [2.24, 2.45) is 0 Å². The molecule has 1 N–H and O–H groups in total. The minimum atomic E-state index is -0.566. The molecule has 0 bridgehead atoms. The normalized spacial score (nSPS) is 9.38. The van der Waals surface area contributed by atoms with Crippen molar-refractivity contribution in [2.45, 2.75) is 0 Å². The van der Waals surface area contributed by atoms with Crippen molar-refractivity contribution in [2.75, 3.05) is 5.32 Å². The zero-order chi connectivity index (χ0) is 9.84. The highest BCUT2D eigenvalue weighted by atomic mass is 35.5. The van der Waals surface area contributed by atoms with E-state index in [-0.39, 0.29) is 10.9 Å². The largest absolute Gasteiger partial charge is 0.322 e. The number of hydrogen-bond acceptors (Lipinski definition) is 1. The lowest BCUT2D eigenvalue weighted by atomic mass is 10.3. The Morgan fingerprint density at radius 2 is 2.31 bits per heavy atom. The Bertz CT molecular complexity index is 351. The van der Waals surface area contributed by atoms with Gasteiger partial charge in [-0.1, -0.05) is 18.2 Å². The maximum absolute atomic E-state index is 12.8. The molecule has 68 valence electrons. The van der Waals surface area contributed by atoms with E-state index in [1.165, 1.54) is 12.1 Å². The molecule has 0 saturated carbocycles. The molecule has 2 nitrogen and oxygen atoms in total. The molecule has 0 atom stereocenters. The number of amides is 1. The summed E-state index contributed by atoms with van der Waals surface area (Å²) in [6.07, 6.45) is 1.10. The Balaban J connectivity index is 2.85. The number of carbonyl (C=O) groups is 1. The fourth-order valence-electron chi connectivity index (χ4n) is 0.767. The van der Waals surface area contributed by atoms with Crippen molar-refractivity contribution in [3.8, 4) is 0 Å². The van der Waals surface area contributed by atoms with Gasteiger partial charge in [-0.15, -0.1) is 0 Å². The van der Waals surface area contributed by atoms with E-state index < -0.39 is 5.82 Å². The zero-order valence-corrected chi connectivity index (χ0v) is 7.44. The van der Waals surface area contributed by atoms with Crippen molar-refractivity contribution in [3.63, 3.8) is 0 Å². The van der Waals surface area contributed by atoms with E-state index in [0.717, 1.165) is 12.1 Å². The number of rotatable bonds is 2.